The topological polar surface area (TPSA) is 38.8 Å². The van der Waals surface area contributed by atoms with Crippen LogP contribution in [-0.4, -0.2) is 43.9 Å². The Morgan fingerprint density at radius 1 is 1.36 bits per heavy atom. The molecule has 14 heavy (non-hydrogen) atoms. The van der Waals surface area contributed by atoms with Crippen molar-refractivity contribution in [3.8, 4) is 0 Å². The molecule has 0 radical (unpaired) electrons. The minimum atomic E-state index is -0.208. The highest BCUT2D eigenvalue weighted by Crippen LogP contribution is 1.99. The zero-order valence-electron chi connectivity index (χ0n) is 9.41. The van der Waals surface area contributed by atoms with Crippen molar-refractivity contribution < 1.29 is 14.3 Å². The molecule has 1 amide bonds. The van der Waals surface area contributed by atoms with Crippen molar-refractivity contribution in [2.45, 2.75) is 27.2 Å². The molecule has 1 rings (SSSR count). The number of carbonyl (C=O) groups is 1. The largest absolute Gasteiger partial charge is 0.449 e. The lowest BCUT2D eigenvalue weighted by molar-refractivity contribution is 0.0272. The number of hydrogen-bond acceptors (Lipinski definition) is 3. The maximum absolute atomic E-state index is 11.2. The number of hydrogen-bond donors (Lipinski definition) is 0. The zero-order valence-corrected chi connectivity index (χ0v) is 9.41. The van der Waals surface area contributed by atoms with E-state index in [1.807, 2.05) is 20.8 Å². The van der Waals surface area contributed by atoms with Crippen molar-refractivity contribution in [1.82, 2.24) is 4.90 Å². The number of nitrogens with zero attached hydrogens (tertiary/aromatic N) is 1. The summed E-state index contributed by atoms with van der Waals surface area (Å²) in [4.78, 5) is 12.9. The molecule has 0 saturated carbocycles. The average Bonchev–Trinajstić information content (AvgIpc) is 2.30. The van der Waals surface area contributed by atoms with Gasteiger partial charge in [0, 0.05) is 13.1 Å². The van der Waals surface area contributed by atoms with Gasteiger partial charge in [-0.25, -0.2) is 4.79 Å². The Balaban J connectivity index is 0.000000791. The third-order valence-electron chi connectivity index (χ3n) is 1.70. The van der Waals surface area contributed by atoms with Gasteiger partial charge in [0.2, 0.25) is 0 Å². The van der Waals surface area contributed by atoms with E-state index in [0.717, 1.165) is 6.42 Å². The normalized spacial score (nSPS) is 15.5. The Bertz CT molecular complexity index is 144. The Hall–Kier alpha value is -0.770. The number of carbonyl (C=O) groups excluding carboxylic acids is 1. The van der Waals surface area contributed by atoms with Crippen LogP contribution in [0.15, 0.2) is 0 Å². The van der Waals surface area contributed by atoms with E-state index in [4.69, 9.17) is 9.47 Å². The van der Waals surface area contributed by atoms with Crippen LogP contribution in [-0.2, 0) is 9.47 Å². The maximum Gasteiger partial charge on any atom is 0.409 e. The maximum atomic E-state index is 11.2. The summed E-state index contributed by atoms with van der Waals surface area (Å²) < 4.78 is 10.1. The van der Waals surface area contributed by atoms with E-state index in [2.05, 4.69) is 0 Å². The standard InChI is InChI=1S/C8H15NO3.C2H6/c1-2-5-12-8(10)9-3-6-11-7-4-9;1-2/h2-7H2,1H3;1-2H3. The fraction of sp³-hybridized carbons (Fsp3) is 0.900. The van der Waals surface area contributed by atoms with E-state index in [-0.39, 0.29) is 6.09 Å². The van der Waals surface area contributed by atoms with Gasteiger partial charge in [0.15, 0.2) is 0 Å². The molecule has 4 nitrogen and oxygen atoms in total. The van der Waals surface area contributed by atoms with Crippen molar-refractivity contribution in [3.05, 3.63) is 0 Å². The molecule has 0 atom stereocenters. The summed E-state index contributed by atoms with van der Waals surface area (Å²) in [6.45, 7) is 9.05. The van der Waals surface area contributed by atoms with Crippen LogP contribution in [0.4, 0.5) is 4.79 Å². The van der Waals surface area contributed by atoms with Crippen molar-refractivity contribution >= 4 is 6.09 Å². The lowest BCUT2D eigenvalue weighted by Gasteiger charge is -2.25. The van der Waals surface area contributed by atoms with Gasteiger partial charge in [-0.2, -0.15) is 0 Å². The van der Waals surface area contributed by atoms with E-state index in [9.17, 15) is 4.79 Å². The first-order chi connectivity index (χ1) is 6.84. The van der Waals surface area contributed by atoms with Crippen LogP contribution < -0.4 is 0 Å². The first kappa shape index (κ1) is 13.2. The molecule has 1 aliphatic rings. The quantitative estimate of drug-likeness (QED) is 0.688. The van der Waals surface area contributed by atoms with E-state index < -0.39 is 0 Å². The fourth-order valence-corrected chi connectivity index (χ4v) is 1.03. The Morgan fingerprint density at radius 3 is 2.43 bits per heavy atom. The van der Waals surface area contributed by atoms with Gasteiger partial charge in [-0.05, 0) is 6.42 Å². The van der Waals surface area contributed by atoms with Crippen molar-refractivity contribution in [3.63, 3.8) is 0 Å². The molecule has 1 heterocycles. The molecular formula is C10H21NO3. The van der Waals surface area contributed by atoms with Crippen LogP contribution in [0.5, 0.6) is 0 Å². The summed E-state index contributed by atoms with van der Waals surface area (Å²) in [6, 6.07) is 0. The predicted molar refractivity (Wildman–Crippen MR) is 55.4 cm³/mol. The third-order valence-corrected chi connectivity index (χ3v) is 1.70. The first-order valence-corrected chi connectivity index (χ1v) is 5.34. The summed E-state index contributed by atoms with van der Waals surface area (Å²) in [5.74, 6) is 0. The first-order valence-electron chi connectivity index (χ1n) is 5.34. The highest BCUT2D eigenvalue weighted by atomic mass is 16.6. The Kier molecular flexibility index (Phi) is 8.33. The lowest BCUT2D eigenvalue weighted by atomic mass is 10.4. The second kappa shape index (κ2) is 8.81. The number of ether oxygens (including phenoxy) is 2. The summed E-state index contributed by atoms with van der Waals surface area (Å²) in [6.07, 6.45) is 0.663. The summed E-state index contributed by atoms with van der Waals surface area (Å²) in [5, 5.41) is 0. The smallest absolute Gasteiger partial charge is 0.409 e. The predicted octanol–water partition coefficient (Wildman–Crippen LogP) is 1.89. The highest BCUT2D eigenvalue weighted by molar-refractivity contribution is 5.67. The second-order valence-electron chi connectivity index (χ2n) is 2.71. The number of morpholine rings is 1. The fourth-order valence-electron chi connectivity index (χ4n) is 1.03. The van der Waals surface area contributed by atoms with Gasteiger partial charge >= 0.3 is 6.09 Å². The third kappa shape index (κ3) is 5.07. The lowest BCUT2D eigenvalue weighted by Crippen LogP contribution is -2.41. The molecular weight excluding hydrogens is 182 g/mol. The van der Waals surface area contributed by atoms with Crippen molar-refractivity contribution in [1.29, 1.82) is 0 Å². The van der Waals surface area contributed by atoms with Crippen LogP contribution >= 0.6 is 0 Å². The second-order valence-corrected chi connectivity index (χ2v) is 2.71. The van der Waals surface area contributed by atoms with Crippen LogP contribution in [0.2, 0.25) is 0 Å². The van der Waals surface area contributed by atoms with Crippen molar-refractivity contribution in [2.24, 2.45) is 0 Å². The summed E-state index contributed by atoms with van der Waals surface area (Å²) in [5.41, 5.74) is 0. The minimum absolute atomic E-state index is 0.208. The van der Waals surface area contributed by atoms with E-state index in [0.29, 0.717) is 32.9 Å². The molecule has 1 aliphatic heterocycles. The van der Waals surface area contributed by atoms with Crippen molar-refractivity contribution in [2.75, 3.05) is 32.9 Å². The van der Waals surface area contributed by atoms with Gasteiger partial charge in [-0.15, -0.1) is 0 Å². The monoisotopic (exact) mass is 203 g/mol. The van der Waals surface area contributed by atoms with Gasteiger partial charge in [0.1, 0.15) is 0 Å². The molecule has 0 aromatic heterocycles. The molecule has 1 fully saturated rings. The van der Waals surface area contributed by atoms with E-state index in [1.54, 1.807) is 4.90 Å². The van der Waals surface area contributed by atoms with Crippen LogP contribution in [0.3, 0.4) is 0 Å². The molecule has 0 unspecified atom stereocenters. The molecule has 0 bridgehead atoms. The molecule has 0 N–H and O–H groups in total. The van der Waals surface area contributed by atoms with Gasteiger partial charge in [0.25, 0.3) is 0 Å². The molecule has 0 spiro atoms. The number of amides is 1. The molecule has 1 saturated heterocycles. The molecule has 0 aromatic carbocycles. The summed E-state index contributed by atoms with van der Waals surface area (Å²) in [7, 11) is 0. The van der Waals surface area contributed by atoms with Crippen LogP contribution in [0.1, 0.15) is 27.2 Å². The summed E-state index contributed by atoms with van der Waals surface area (Å²) >= 11 is 0. The molecule has 0 aliphatic carbocycles. The van der Waals surface area contributed by atoms with Gasteiger partial charge in [0.05, 0.1) is 19.8 Å². The molecule has 84 valence electrons. The minimum Gasteiger partial charge on any atom is -0.449 e. The Labute approximate surface area is 86.2 Å². The van der Waals surface area contributed by atoms with Crippen LogP contribution in [0, 0.1) is 0 Å². The SMILES string of the molecule is CC.CCCOC(=O)N1CCOCC1. The highest BCUT2D eigenvalue weighted by Gasteiger charge is 2.17. The van der Waals surface area contributed by atoms with Gasteiger partial charge in [-0.1, -0.05) is 20.8 Å². The molecule has 0 aromatic rings. The number of rotatable bonds is 2. The average molecular weight is 203 g/mol. The molecule has 4 heteroatoms. The van der Waals surface area contributed by atoms with E-state index >= 15 is 0 Å². The zero-order chi connectivity index (χ0) is 10.8. The Morgan fingerprint density at radius 2 is 1.93 bits per heavy atom. The van der Waals surface area contributed by atoms with Gasteiger partial charge < -0.3 is 14.4 Å². The van der Waals surface area contributed by atoms with Crippen LogP contribution in [0.25, 0.3) is 0 Å². The van der Waals surface area contributed by atoms with Gasteiger partial charge in [-0.3, -0.25) is 0 Å². The van der Waals surface area contributed by atoms with E-state index in [1.165, 1.54) is 0 Å².